The van der Waals surface area contributed by atoms with Gasteiger partial charge in [0.15, 0.2) is 0 Å². The van der Waals surface area contributed by atoms with Crippen LogP contribution in [-0.2, 0) is 6.54 Å². The fraction of sp³-hybridized carbons (Fsp3) is 0.294. The van der Waals surface area contributed by atoms with Gasteiger partial charge in [-0.1, -0.05) is 47.1 Å². The van der Waals surface area contributed by atoms with Crippen LogP contribution in [0.4, 0.5) is 0 Å². The molecule has 0 aromatic heterocycles. The van der Waals surface area contributed by atoms with Crippen molar-refractivity contribution in [2.45, 2.75) is 42.1 Å². The zero-order valence-corrected chi connectivity index (χ0v) is 14.2. The highest BCUT2D eigenvalue weighted by atomic mass is 35.5. The molecule has 1 aliphatic rings. The average molecular weight is 338 g/mol. The predicted molar refractivity (Wildman–Crippen MR) is 91.6 cm³/mol. The van der Waals surface area contributed by atoms with Crippen LogP contribution in [0.5, 0.6) is 0 Å². The Morgan fingerprint density at radius 2 is 1.90 bits per heavy atom. The van der Waals surface area contributed by atoms with Crippen LogP contribution >= 0.6 is 35.0 Å². The van der Waals surface area contributed by atoms with E-state index in [1.54, 1.807) is 11.8 Å². The number of rotatable bonds is 5. The van der Waals surface area contributed by atoms with Gasteiger partial charge in [-0.2, -0.15) is 0 Å². The average Bonchev–Trinajstić information content (AvgIpc) is 3.27. The quantitative estimate of drug-likeness (QED) is 0.750. The van der Waals surface area contributed by atoms with E-state index in [1.807, 2.05) is 18.2 Å². The Morgan fingerprint density at radius 3 is 2.62 bits per heavy atom. The van der Waals surface area contributed by atoms with Crippen molar-refractivity contribution in [3.8, 4) is 0 Å². The molecule has 0 bridgehead atoms. The molecule has 0 heterocycles. The van der Waals surface area contributed by atoms with Gasteiger partial charge in [0.25, 0.3) is 0 Å². The number of nitrogens with one attached hydrogen (secondary N) is 1. The van der Waals surface area contributed by atoms with E-state index in [-0.39, 0.29) is 0 Å². The van der Waals surface area contributed by atoms with Gasteiger partial charge in [0.1, 0.15) is 0 Å². The summed E-state index contributed by atoms with van der Waals surface area (Å²) in [5.41, 5.74) is 2.60. The van der Waals surface area contributed by atoms with Crippen molar-refractivity contribution in [3.63, 3.8) is 0 Å². The highest BCUT2D eigenvalue weighted by molar-refractivity contribution is 7.99. The lowest BCUT2D eigenvalue weighted by Crippen LogP contribution is -2.15. The Balaban J connectivity index is 1.74. The summed E-state index contributed by atoms with van der Waals surface area (Å²) in [4.78, 5) is 2.21. The van der Waals surface area contributed by atoms with Crippen LogP contribution in [-0.4, -0.2) is 6.04 Å². The summed E-state index contributed by atoms with van der Waals surface area (Å²) in [6, 6.07) is 12.9. The summed E-state index contributed by atoms with van der Waals surface area (Å²) < 4.78 is 0. The van der Waals surface area contributed by atoms with E-state index in [0.717, 1.165) is 22.5 Å². The Hall–Kier alpha value is -0.670. The van der Waals surface area contributed by atoms with Crippen LogP contribution in [0.2, 0.25) is 10.0 Å². The standard InChI is InChI=1S/C17H17Cl2NS/c1-11-8-12(10-20-14-4-5-14)2-7-16(11)21-17-9-13(18)3-6-15(17)19/h2-3,6-9,14,20H,4-5,10H2,1H3. The summed E-state index contributed by atoms with van der Waals surface area (Å²) in [7, 11) is 0. The lowest BCUT2D eigenvalue weighted by atomic mass is 10.1. The number of benzene rings is 2. The molecule has 3 rings (SSSR count). The number of hydrogen-bond acceptors (Lipinski definition) is 2. The van der Waals surface area contributed by atoms with Crippen molar-refractivity contribution < 1.29 is 0 Å². The molecule has 0 spiro atoms. The Kier molecular flexibility index (Phi) is 4.80. The Bertz CT molecular complexity index is 653. The summed E-state index contributed by atoms with van der Waals surface area (Å²) >= 11 is 13.9. The molecule has 1 saturated carbocycles. The van der Waals surface area contributed by atoms with Crippen LogP contribution in [0.3, 0.4) is 0 Å². The van der Waals surface area contributed by atoms with E-state index in [0.29, 0.717) is 5.02 Å². The first-order valence-corrected chi connectivity index (χ1v) is 8.65. The Labute approximate surface area is 140 Å². The van der Waals surface area contributed by atoms with Crippen LogP contribution in [0.25, 0.3) is 0 Å². The van der Waals surface area contributed by atoms with Crippen molar-refractivity contribution >= 4 is 35.0 Å². The van der Waals surface area contributed by atoms with Crippen molar-refractivity contribution in [1.82, 2.24) is 5.32 Å². The molecule has 0 atom stereocenters. The highest BCUT2D eigenvalue weighted by Crippen LogP contribution is 2.36. The van der Waals surface area contributed by atoms with Crippen molar-refractivity contribution in [3.05, 3.63) is 57.6 Å². The largest absolute Gasteiger partial charge is 0.310 e. The molecule has 2 aromatic rings. The Morgan fingerprint density at radius 1 is 1.10 bits per heavy atom. The van der Waals surface area contributed by atoms with E-state index in [2.05, 4.69) is 30.4 Å². The van der Waals surface area contributed by atoms with Crippen molar-refractivity contribution in [2.24, 2.45) is 0 Å². The van der Waals surface area contributed by atoms with Gasteiger partial charge >= 0.3 is 0 Å². The van der Waals surface area contributed by atoms with Crippen molar-refractivity contribution in [2.75, 3.05) is 0 Å². The van der Waals surface area contributed by atoms with Gasteiger partial charge in [0, 0.05) is 27.4 Å². The topological polar surface area (TPSA) is 12.0 Å². The summed E-state index contributed by atoms with van der Waals surface area (Å²) in [6.07, 6.45) is 2.64. The lowest BCUT2D eigenvalue weighted by Gasteiger charge is -2.10. The fourth-order valence-corrected chi connectivity index (χ4v) is 3.57. The molecule has 0 unspecified atom stereocenters. The van der Waals surface area contributed by atoms with Crippen molar-refractivity contribution in [1.29, 1.82) is 0 Å². The number of aryl methyl sites for hydroxylation is 1. The van der Waals surface area contributed by atoms with Crippen LogP contribution < -0.4 is 5.32 Å². The predicted octanol–water partition coefficient (Wildman–Crippen LogP) is 5.71. The minimum atomic E-state index is 0.713. The van der Waals surface area contributed by atoms with Gasteiger partial charge < -0.3 is 5.32 Å². The summed E-state index contributed by atoms with van der Waals surface area (Å²) in [5, 5.41) is 4.99. The van der Waals surface area contributed by atoms with E-state index < -0.39 is 0 Å². The molecule has 21 heavy (non-hydrogen) atoms. The second-order valence-corrected chi connectivity index (χ2v) is 7.36. The minimum Gasteiger partial charge on any atom is -0.310 e. The van der Waals surface area contributed by atoms with Crippen LogP contribution in [0.15, 0.2) is 46.2 Å². The van der Waals surface area contributed by atoms with Gasteiger partial charge in [0.05, 0.1) is 5.02 Å². The molecule has 4 heteroatoms. The highest BCUT2D eigenvalue weighted by Gasteiger charge is 2.19. The lowest BCUT2D eigenvalue weighted by molar-refractivity contribution is 0.687. The number of hydrogen-bond donors (Lipinski definition) is 1. The number of halogens is 2. The molecule has 0 amide bonds. The molecule has 1 aliphatic carbocycles. The molecule has 0 saturated heterocycles. The fourth-order valence-electron chi connectivity index (χ4n) is 2.16. The molecule has 1 nitrogen and oxygen atoms in total. The van der Waals surface area contributed by atoms with Gasteiger partial charge in [-0.05, 0) is 55.2 Å². The van der Waals surface area contributed by atoms with Gasteiger partial charge in [-0.25, -0.2) is 0 Å². The maximum Gasteiger partial charge on any atom is 0.0546 e. The zero-order valence-electron chi connectivity index (χ0n) is 11.8. The van der Waals surface area contributed by atoms with E-state index in [9.17, 15) is 0 Å². The van der Waals surface area contributed by atoms with Crippen LogP contribution in [0, 0.1) is 6.92 Å². The molecule has 2 aromatic carbocycles. The first kappa shape index (κ1) is 15.2. The molecule has 110 valence electrons. The first-order valence-electron chi connectivity index (χ1n) is 7.07. The maximum atomic E-state index is 6.23. The molecule has 1 fully saturated rings. The van der Waals surface area contributed by atoms with E-state index in [1.165, 1.54) is 28.9 Å². The molecule has 0 radical (unpaired) electrons. The van der Waals surface area contributed by atoms with Gasteiger partial charge in [-0.3, -0.25) is 0 Å². The summed E-state index contributed by atoms with van der Waals surface area (Å²) in [5.74, 6) is 0. The molecular weight excluding hydrogens is 321 g/mol. The third kappa shape index (κ3) is 4.17. The van der Waals surface area contributed by atoms with Gasteiger partial charge in [0.2, 0.25) is 0 Å². The second-order valence-electron chi connectivity index (χ2n) is 5.43. The maximum absolute atomic E-state index is 6.23. The molecular formula is C17H17Cl2NS. The SMILES string of the molecule is Cc1cc(CNC2CC2)ccc1Sc1cc(Cl)ccc1Cl. The third-order valence-corrected chi connectivity index (χ3v) is 5.44. The monoisotopic (exact) mass is 337 g/mol. The van der Waals surface area contributed by atoms with Crippen LogP contribution in [0.1, 0.15) is 24.0 Å². The normalized spacial score (nSPS) is 14.4. The third-order valence-electron chi connectivity index (χ3n) is 3.52. The molecule has 0 aliphatic heterocycles. The summed E-state index contributed by atoms with van der Waals surface area (Å²) in [6.45, 7) is 3.09. The smallest absolute Gasteiger partial charge is 0.0546 e. The second kappa shape index (κ2) is 6.62. The zero-order chi connectivity index (χ0) is 14.8. The molecule has 1 N–H and O–H groups in total. The minimum absolute atomic E-state index is 0.713. The van der Waals surface area contributed by atoms with E-state index in [4.69, 9.17) is 23.2 Å². The van der Waals surface area contributed by atoms with E-state index >= 15 is 0 Å². The van der Waals surface area contributed by atoms with Gasteiger partial charge in [-0.15, -0.1) is 0 Å². The first-order chi connectivity index (χ1) is 10.1.